The molecule has 0 bridgehead atoms. The van der Waals surface area contributed by atoms with Crippen molar-refractivity contribution in [3.8, 4) is 0 Å². The first-order valence-electron chi connectivity index (χ1n) is 6.66. The van der Waals surface area contributed by atoms with Crippen LogP contribution >= 0.6 is 0 Å². The molecular weight excluding hydrogens is 212 g/mol. The lowest BCUT2D eigenvalue weighted by molar-refractivity contribution is -0.145. The van der Waals surface area contributed by atoms with Gasteiger partial charge in [0.2, 0.25) is 0 Å². The van der Waals surface area contributed by atoms with Crippen molar-refractivity contribution in [3.63, 3.8) is 0 Å². The maximum Gasteiger partial charge on any atom is 0.138 e. The fraction of sp³-hybridized carbons (Fsp3) is 0.800. The summed E-state index contributed by atoms with van der Waals surface area (Å²) in [6.45, 7) is 10.7. The lowest BCUT2D eigenvalue weighted by Gasteiger charge is -2.56. The maximum atomic E-state index is 12.1. The first-order chi connectivity index (χ1) is 7.84. The number of aliphatic hydroxyl groups is 1. The van der Waals surface area contributed by atoms with Gasteiger partial charge in [-0.2, -0.15) is 0 Å². The standard InChI is InChI=1S/C15H24O2/c1-10-5-6-12-14(2,3)13(17)7-8-15(12,4)11(10)9-16/h11-12,16H,1,5-9H2,2-4H3. The molecule has 2 nitrogen and oxygen atoms in total. The zero-order chi connectivity index (χ0) is 12.8. The molecule has 0 radical (unpaired) electrons. The summed E-state index contributed by atoms with van der Waals surface area (Å²) >= 11 is 0. The number of aliphatic hydroxyl groups excluding tert-OH is 1. The highest BCUT2D eigenvalue weighted by Crippen LogP contribution is 2.59. The Morgan fingerprint density at radius 3 is 2.59 bits per heavy atom. The number of carbonyl (C=O) groups excluding carboxylic acids is 1. The number of Topliss-reactive ketones (excluding diaryl/α,β-unsaturated/α-hetero) is 1. The molecule has 3 unspecified atom stereocenters. The summed E-state index contributed by atoms with van der Waals surface area (Å²) in [5.41, 5.74) is 0.999. The molecule has 0 aromatic rings. The van der Waals surface area contributed by atoms with E-state index in [1.807, 2.05) is 0 Å². The van der Waals surface area contributed by atoms with Gasteiger partial charge in [0, 0.05) is 17.8 Å². The molecule has 96 valence electrons. The van der Waals surface area contributed by atoms with E-state index in [4.69, 9.17) is 0 Å². The number of ketones is 1. The van der Waals surface area contributed by atoms with Crippen LogP contribution in [0.1, 0.15) is 46.5 Å². The van der Waals surface area contributed by atoms with Crippen molar-refractivity contribution in [2.24, 2.45) is 22.7 Å². The Balaban J connectivity index is 2.40. The van der Waals surface area contributed by atoms with Gasteiger partial charge in [0.25, 0.3) is 0 Å². The van der Waals surface area contributed by atoms with Crippen LogP contribution in [-0.4, -0.2) is 17.5 Å². The Bertz CT molecular complexity index is 356. The first-order valence-corrected chi connectivity index (χ1v) is 6.66. The highest BCUT2D eigenvalue weighted by Gasteiger charge is 2.55. The van der Waals surface area contributed by atoms with Crippen molar-refractivity contribution in [1.29, 1.82) is 0 Å². The molecule has 0 amide bonds. The summed E-state index contributed by atoms with van der Waals surface area (Å²) in [7, 11) is 0. The third-order valence-corrected chi connectivity index (χ3v) is 5.50. The van der Waals surface area contributed by atoms with Crippen LogP contribution in [0.15, 0.2) is 12.2 Å². The molecule has 1 N–H and O–H groups in total. The second-order valence-electron chi connectivity index (χ2n) is 6.64. The molecule has 2 saturated carbocycles. The van der Waals surface area contributed by atoms with Crippen molar-refractivity contribution in [1.82, 2.24) is 0 Å². The lowest BCUT2D eigenvalue weighted by Crippen LogP contribution is -2.53. The zero-order valence-corrected chi connectivity index (χ0v) is 11.3. The van der Waals surface area contributed by atoms with E-state index in [1.54, 1.807) is 0 Å². The van der Waals surface area contributed by atoms with Crippen LogP contribution in [0.5, 0.6) is 0 Å². The quantitative estimate of drug-likeness (QED) is 0.711. The van der Waals surface area contributed by atoms with E-state index in [1.165, 1.54) is 5.57 Å². The number of rotatable bonds is 1. The van der Waals surface area contributed by atoms with Gasteiger partial charge in [0.05, 0.1) is 6.61 Å². The molecule has 2 heteroatoms. The third kappa shape index (κ3) is 1.69. The van der Waals surface area contributed by atoms with E-state index in [-0.39, 0.29) is 23.4 Å². The van der Waals surface area contributed by atoms with Crippen LogP contribution in [0.2, 0.25) is 0 Å². The summed E-state index contributed by atoms with van der Waals surface area (Å²) in [6, 6.07) is 0. The van der Waals surface area contributed by atoms with E-state index in [2.05, 4.69) is 27.4 Å². The summed E-state index contributed by atoms with van der Waals surface area (Å²) < 4.78 is 0. The molecule has 0 spiro atoms. The molecule has 2 fully saturated rings. The Kier molecular flexibility index (Phi) is 2.97. The fourth-order valence-corrected chi connectivity index (χ4v) is 4.31. The Morgan fingerprint density at radius 1 is 1.35 bits per heavy atom. The number of hydrogen-bond donors (Lipinski definition) is 1. The molecule has 0 aromatic heterocycles. The number of hydrogen-bond acceptors (Lipinski definition) is 2. The normalized spacial score (nSPS) is 41.2. The summed E-state index contributed by atoms with van der Waals surface area (Å²) in [4.78, 5) is 12.1. The smallest absolute Gasteiger partial charge is 0.138 e. The summed E-state index contributed by atoms with van der Waals surface area (Å²) in [5, 5.41) is 9.66. The Hall–Kier alpha value is -0.630. The third-order valence-electron chi connectivity index (χ3n) is 5.50. The lowest BCUT2D eigenvalue weighted by atomic mass is 9.47. The van der Waals surface area contributed by atoms with E-state index >= 15 is 0 Å². The molecule has 2 aliphatic carbocycles. The summed E-state index contributed by atoms with van der Waals surface area (Å²) in [6.07, 6.45) is 3.57. The average Bonchev–Trinajstić information content (AvgIpc) is 2.24. The second-order valence-corrected chi connectivity index (χ2v) is 6.64. The molecular formula is C15H24O2. The van der Waals surface area contributed by atoms with Gasteiger partial charge in [0.1, 0.15) is 5.78 Å². The van der Waals surface area contributed by atoms with Crippen molar-refractivity contribution in [2.75, 3.05) is 6.61 Å². The van der Waals surface area contributed by atoms with E-state index < -0.39 is 0 Å². The van der Waals surface area contributed by atoms with Crippen LogP contribution in [-0.2, 0) is 4.79 Å². The van der Waals surface area contributed by atoms with Gasteiger partial charge in [-0.1, -0.05) is 32.9 Å². The SMILES string of the molecule is C=C1CCC2C(C)(C)C(=O)CCC2(C)C1CO. The van der Waals surface area contributed by atoms with Crippen molar-refractivity contribution < 1.29 is 9.90 Å². The Morgan fingerprint density at radius 2 is 2.00 bits per heavy atom. The summed E-state index contributed by atoms with van der Waals surface area (Å²) in [5.74, 6) is 0.955. The van der Waals surface area contributed by atoms with Gasteiger partial charge in [-0.25, -0.2) is 0 Å². The van der Waals surface area contributed by atoms with Crippen molar-refractivity contribution in [2.45, 2.75) is 46.5 Å². The highest BCUT2D eigenvalue weighted by atomic mass is 16.3. The van der Waals surface area contributed by atoms with Gasteiger partial charge in [-0.15, -0.1) is 0 Å². The van der Waals surface area contributed by atoms with Gasteiger partial charge in [-0.05, 0) is 30.6 Å². The van der Waals surface area contributed by atoms with E-state index in [9.17, 15) is 9.90 Å². The van der Waals surface area contributed by atoms with Gasteiger partial charge >= 0.3 is 0 Å². The fourth-order valence-electron chi connectivity index (χ4n) is 4.31. The molecule has 3 atom stereocenters. The topological polar surface area (TPSA) is 37.3 Å². The largest absolute Gasteiger partial charge is 0.396 e. The van der Waals surface area contributed by atoms with E-state index in [0.29, 0.717) is 18.1 Å². The van der Waals surface area contributed by atoms with Crippen LogP contribution in [0.4, 0.5) is 0 Å². The van der Waals surface area contributed by atoms with Crippen LogP contribution < -0.4 is 0 Å². The van der Waals surface area contributed by atoms with Crippen LogP contribution in [0.3, 0.4) is 0 Å². The average molecular weight is 236 g/mol. The van der Waals surface area contributed by atoms with E-state index in [0.717, 1.165) is 19.3 Å². The second kappa shape index (κ2) is 3.94. The van der Waals surface area contributed by atoms with Gasteiger partial charge in [-0.3, -0.25) is 4.79 Å². The van der Waals surface area contributed by atoms with Gasteiger partial charge < -0.3 is 5.11 Å². The van der Waals surface area contributed by atoms with Crippen LogP contribution in [0, 0.1) is 22.7 Å². The van der Waals surface area contributed by atoms with Crippen molar-refractivity contribution in [3.05, 3.63) is 12.2 Å². The molecule has 0 heterocycles. The molecule has 17 heavy (non-hydrogen) atoms. The minimum atomic E-state index is -0.235. The molecule has 2 rings (SSSR count). The highest BCUT2D eigenvalue weighted by molar-refractivity contribution is 5.85. The molecule has 0 saturated heterocycles. The predicted molar refractivity (Wildman–Crippen MR) is 68.6 cm³/mol. The molecule has 0 aromatic carbocycles. The number of fused-ring (bicyclic) bond motifs is 1. The first kappa shape index (κ1) is 12.8. The number of carbonyl (C=O) groups is 1. The minimum absolute atomic E-state index is 0.0570. The van der Waals surface area contributed by atoms with Crippen LogP contribution in [0.25, 0.3) is 0 Å². The van der Waals surface area contributed by atoms with Gasteiger partial charge in [0.15, 0.2) is 0 Å². The molecule has 2 aliphatic rings. The minimum Gasteiger partial charge on any atom is -0.396 e. The monoisotopic (exact) mass is 236 g/mol. The molecule has 0 aliphatic heterocycles. The zero-order valence-electron chi connectivity index (χ0n) is 11.3. The maximum absolute atomic E-state index is 12.1. The Labute approximate surface area is 104 Å². The predicted octanol–water partition coefficient (Wildman–Crippen LogP) is 2.96. The van der Waals surface area contributed by atoms with Crippen molar-refractivity contribution >= 4 is 5.78 Å².